The second kappa shape index (κ2) is 12.3. The van der Waals surface area contributed by atoms with Crippen LogP contribution in [0.15, 0.2) is 48.5 Å². The molecule has 0 spiro atoms. The quantitative estimate of drug-likeness (QED) is 0.226. The maximum absolute atomic E-state index is 13.2. The molecule has 2 heterocycles. The van der Waals surface area contributed by atoms with Crippen LogP contribution in [-0.2, 0) is 11.3 Å². The molecule has 0 aliphatic carbocycles. The van der Waals surface area contributed by atoms with Crippen LogP contribution in [0, 0.1) is 5.41 Å². The molecular weight excluding hydrogens is 588 g/mol. The number of urea groups is 1. The number of nitrogens with two attached hydrogens (primary N) is 1. The zero-order chi connectivity index (χ0) is 29.9. The predicted octanol–water partition coefficient (Wildman–Crippen LogP) is 3.49. The van der Waals surface area contributed by atoms with Crippen LogP contribution in [0.3, 0.4) is 0 Å². The van der Waals surface area contributed by atoms with E-state index in [1.165, 1.54) is 28.9 Å². The summed E-state index contributed by atoms with van der Waals surface area (Å²) < 4.78 is 40.9. The molecule has 0 radical (unpaired) electrons. The van der Waals surface area contributed by atoms with Gasteiger partial charge in [0.05, 0.1) is 23.8 Å². The number of aliphatic hydroxyl groups excluding tert-OH is 1. The van der Waals surface area contributed by atoms with Crippen molar-refractivity contribution in [2.24, 2.45) is 5.73 Å². The van der Waals surface area contributed by atoms with E-state index in [4.69, 9.17) is 34.3 Å². The van der Waals surface area contributed by atoms with E-state index in [2.05, 4.69) is 15.4 Å². The first-order valence-corrected chi connectivity index (χ1v) is 13.0. The second-order valence-electron chi connectivity index (χ2n) is 9.13. The van der Waals surface area contributed by atoms with Gasteiger partial charge in [0, 0.05) is 17.1 Å². The zero-order valence-electron chi connectivity index (χ0n) is 21.3. The van der Waals surface area contributed by atoms with Gasteiger partial charge in [0.25, 0.3) is 0 Å². The maximum Gasteiger partial charge on any atom is 0.416 e. The highest BCUT2D eigenvalue weighted by atomic mass is 35.5. The SMILES string of the molecule is N=C(c1ccc(Cl)cc1)N(C[C@H](O)C(F)(F)F)C(=O)NCc1nc(N2CCC[C@@H]2C(N)=O)n(-c2ccccc2Cl)n1. The normalized spacial score (nSPS) is 16.0. The molecule has 16 heteroatoms. The van der Waals surface area contributed by atoms with E-state index < -0.39 is 42.6 Å². The molecule has 0 bridgehead atoms. The summed E-state index contributed by atoms with van der Waals surface area (Å²) in [6.07, 6.45) is -6.78. The van der Waals surface area contributed by atoms with Crippen LogP contribution >= 0.6 is 23.2 Å². The molecule has 1 fully saturated rings. The van der Waals surface area contributed by atoms with Gasteiger partial charge in [0.15, 0.2) is 11.9 Å². The minimum absolute atomic E-state index is 0.0396. The Bertz CT molecular complexity index is 1430. The number of anilines is 1. The monoisotopic (exact) mass is 612 g/mol. The molecule has 3 amide bonds. The molecule has 1 aliphatic heterocycles. The molecule has 0 saturated carbocycles. The molecule has 2 aromatic carbocycles. The molecule has 0 unspecified atom stereocenters. The number of hydrogen-bond acceptors (Lipinski definition) is 7. The van der Waals surface area contributed by atoms with E-state index in [1.54, 1.807) is 29.2 Å². The second-order valence-corrected chi connectivity index (χ2v) is 9.97. The Morgan fingerprint density at radius 3 is 2.51 bits per heavy atom. The number of carbonyl (C=O) groups excluding carboxylic acids is 2. The Morgan fingerprint density at radius 2 is 1.88 bits per heavy atom. The number of halogens is 5. The lowest BCUT2D eigenvalue weighted by Crippen LogP contribution is -2.50. The molecule has 4 rings (SSSR count). The molecule has 5 N–H and O–H groups in total. The van der Waals surface area contributed by atoms with Crippen LogP contribution < -0.4 is 16.0 Å². The fraction of sp³-hybridized carbons (Fsp3) is 0.320. The number of aliphatic hydroxyl groups is 1. The van der Waals surface area contributed by atoms with Crippen molar-refractivity contribution in [3.63, 3.8) is 0 Å². The van der Waals surface area contributed by atoms with Crippen molar-refractivity contribution in [2.75, 3.05) is 18.0 Å². The van der Waals surface area contributed by atoms with Crippen LogP contribution in [0.25, 0.3) is 5.69 Å². The predicted molar refractivity (Wildman–Crippen MR) is 145 cm³/mol. The number of para-hydroxylation sites is 1. The van der Waals surface area contributed by atoms with Gasteiger partial charge in [-0.2, -0.15) is 22.8 Å². The highest BCUT2D eigenvalue weighted by molar-refractivity contribution is 6.32. The highest BCUT2D eigenvalue weighted by Crippen LogP contribution is 2.29. The summed E-state index contributed by atoms with van der Waals surface area (Å²) in [5.74, 6) is -0.871. The molecule has 3 aromatic rings. The lowest BCUT2D eigenvalue weighted by atomic mass is 10.2. The van der Waals surface area contributed by atoms with E-state index in [-0.39, 0.29) is 23.9 Å². The topological polar surface area (TPSA) is 153 Å². The third-order valence-corrected chi connectivity index (χ3v) is 6.89. The Morgan fingerprint density at radius 1 is 1.20 bits per heavy atom. The molecule has 41 heavy (non-hydrogen) atoms. The summed E-state index contributed by atoms with van der Waals surface area (Å²) >= 11 is 12.2. The van der Waals surface area contributed by atoms with E-state index in [0.29, 0.717) is 40.0 Å². The van der Waals surface area contributed by atoms with Gasteiger partial charge in [0.2, 0.25) is 11.9 Å². The van der Waals surface area contributed by atoms with Gasteiger partial charge in [-0.05, 0) is 49.2 Å². The van der Waals surface area contributed by atoms with Gasteiger partial charge in [-0.1, -0.05) is 35.3 Å². The lowest BCUT2D eigenvalue weighted by molar-refractivity contribution is -0.204. The maximum atomic E-state index is 13.2. The third-order valence-electron chi connectivity index (χ3n) is 6.32. The molecule has 2 atom stereocenters. The van der Waals surface area contributed by atoms with Gasteiger partial charge in [-0.3, -0.25) is 15.1 Å². The standard InChI is InChI=1S/C25H25Cl2F3N8O3/c26-15-9-7-14(8-10-15)21(31)37(13-19(39)25(28,29)30)24(41)33-12-20-34-23(36-11-3-6-18(36)22(32)40)38(35-20)17-5-2-1-4-16(17)27/h1-2,4-5,7-10,18-19,31,39H,3,6,11-13H2,(H2,32,40)(H,33,41)/t18-,19+/m1/s1. The van der Waals surface area contributed by atoms with Crippen molar-refractivity contribution in [1.29, 1.82) is 5.41 Å². The van der Waals surface area contributed by atoms with Gasteiger partial charge in [-0.25, -0.2) is 4.79 Å². The van der Waals surface area contributed by atoms with Crippen LogP contribution in [0.4, 0.5) is 23.9 Å². The van der Waals surface area contributed by atoms with E-state index in [9.17, 15) is 27.9 Å². The van der Waals surface area contributed by atoms with Gasteiger partial charge >= 0.3 is 12.2 Å². The van der Waals surface area contributed by atoms with Crippen LogP contribution in [0.2, 0.25) is 10.0 Å². The Kier molecular flexibility index (Phi) is 9.05. The number of hydrogen-bond donors (Lipinski definition) is 4. The van der Waals surface area contributed by atoms with Crippen molar-refractivity contribution in [2.45, 2.75) is 37.7 Å². The van der Waals surface area contributed by atoms with E-state index in [0.717, 1.165) is 0 Å². The molecule has 11 nitrogen and oxygen atoms in total. The molecule has 1 aliphatic rings. The Balaban J connectivity index is 1.62. The van der Waals surface area contributed by atoms with Gasteiger partial charge < -0.3 is 21.1 Å². The number of benzene rings is 2. The van der Waals surface area contributed by atoms with E-state index in [1.807, 2.05) is 0 Å². The first-order valence-electron chi connectivity index (χ1n) is 12.3. The largest absolute Gasteiger partial charge is 0.416 e. The number of amidine groups is 1. The van der Waals surface area contributed by atoms with Crippen molar-refractivity contribution >= 4 is 46.9 Å². The number of carbonyl (C=O) groups is 2. The molecule has 218 valence electrons. The Labute approximate surface area is 242 Å². The van der Waals surface area contributed by atoms with Crippen LogP contribution in [0.5, 0.6) is 0 Å². The summed E-state index contributed by atoms with van der Waals surface area (Å²) in [7, 11) is 0. The number of primary amides is 1. The summed E-state index contributed by atoms with van der Waals surface area (Å²) in [4.78, 5) is 31.7. The number of amides is 3. The highest BCUT2D eigenvalue weighted by Gasteiger charge is 2.41. The van der Waals surface area contributed by atoms with Gasteiger partial charge in [-0.15, -0.1) is 5.10 Å². The smallest absolute Gasteiger partial charge is 0.382 e. The minimum Gasteiger partial charge on any atom is -0.382 e. The van der Waals surface area contributed by atoms with Gasteiger partial charge in [0.1, 0.15) is 11.9 Å². The van der Waals surface area contributed by atoms with Crippen LogP contribution in [-0.4, -0.2) is 74.0 Å². The summed E-state index contributed by atoms with van der Waals surface area (Å²) in [6, 6.07) is 10.5. The summed E-state index contributed by atoms with van der Waals surface area (Å²) in [5.41, 5.74) is 6.11. The molecule has 1 saturated heterocycles. The minimum atomic E-state index is -5.03. The average Bonchev–Trinajstić information content (AvgIpc) is 3.57. The number of nitrogens with one attached hydrogen (secondary N) is 2. The fourth-order valence-electron chi connectivity index (χ4n) is 4.26. The van der Waals surface area contributed by atoms with Crippen molar-refractivity contribution in [1.82, 2.24) is 25.0 Å². The van der Waals surface area contributed by atoms with Crippen molar-refractivity contribution < 1.29 is 27.9 Å². The first-order chi connectivity index (χ1) is 19.4. The number of alkyl halides is 3. The van der Waals surface area contributed by atoms with Crippen molar-refractivity contribution in [3.8, 4) is 5.69 Å². The van der Waals surface area contributed by atoms with Crippen LogP contribution in [0.1, 0.15) is 24.2 Å². The molecule has 1 aromatic heterocycles. The number of nitrogens with zero attached hydrogens (tertiary/aromatic N) is 5. The average molecular weight is 613 g/mol. The Hall–Kier alpha value is -3.88. The lowest BCUT2D eigenvalue weighted by Gasteiger charge is -2.27. The third kappa shape index (κ3) is 6.89. The number of rotatable bonds is 8. The first kappa shape index (κ1) is 30.1. The fourth-order valence-corrected chi connectivity index (χ4v) is 4.60. The molecular formula is C25H25Cl2F3N8O3. The van der Waals surface area contributed by atoms with E-state index >= 15 is 0 Å². The summed E-state index contributed by atoms with van der Waals surface area (Å²) in [6.45, 7) is -1.16. The zero-order valence-corrected chi connectivity index (χ0v) is 22.8. The number of aromatic nitrogens is 3. The summed E-state index contributed by atoms with van der Waals surface area (Å²) in [5, 5.41) is 25.5. The van der Waals surface area contributed by atoms with Crippen molar-refractivity contribution in [3.05, 3.63) is 70.0 Å².